The Balaban J connectivity index is 1.36. The third-order valence-electron chi connectivity index (χ3n) is 6.40. The van der Waals surface area contributed by atoms with Crippen LogP contribution in [0, 0.1) is 5.82 Å². The lowest BCUT2D eigenvalue weighted by molar-refractivity contribution is 0.0901. The smallest absolute Gasteiger partial charge is 0.270 e. The molecular weight excluding hydrogens is 475 g/mol. The number of carbonyl (C=O) groups excluding carboxylic acids is 1. The molecule has 1 atom stereocenters. The molecule has 9 nitrogen and oxygen atoms in total. The molecule has 1 fully saturated rings. The van der Waals surface area contributed by atoms with E-state index in [0.717, 1.165) is 0 Å². The van der Waals surface area contributed by atoms with Gasteiger partial charge in [0.25, 0.3) is 5.91 Å². The number of para-hydroxylation sites is 1. The van der Waals surface area contributed by atoms with E-state index in [4.69, 9.17) is 4.74 Å². The highest BCUT2D eigenvalue weighted by Crippen LogP contribution is 2.39. The maximum absolute atomic E-state index is 14.9. The molecule has 0 unspecified atom stereocenters. The zero-order chi connectivity index (χ0) is 25.9. The van der Waals surface area contributed by atoms with Crippen LogP contribution >= 0.6 is 0 Å². The molecule has 1 aromatic carbocycles. The largest absolute Gasteiger partial charge is 0.492 e. The highest BCUT2D eigenvalue weighted by Gasteiger charge is 2.36. The average molecular weight is 503 g/mol. The van der Waals surface area contributed by atoms with E-state index < -0.39 is 11.9 Å². The van der Waals surface area contributed by atoms with Crippen molar-refractivity contribution in [2.75, 3.05) is 6.61 Å². The molecule has 3 heterocycles. The molecule has 1 saturated carbocycles. The summed E-state index contributed by atoms with van der Waals surface area (Å²) in [5.41, 5.74) is 1.81. The Morgan fingerprint density at radius 3 is 2.59 bits per heavy atom. The number of pyridine rings is 2. The molecule has 4 aromatic rings. The van der Waals surface area contributed by atoms with Crippen molar-refractivity contribution in [1.29, 1.82) is 0 Å². The van der Waals surface area contributed by atoms with Gasteiger partial charge in [0.1, 0.15) is 28.8 Å². The minimum atomic E-state index is -0.647. The van der Waals surface area contributed by atoms with Gasteiger partial charge in [-0.2, -0.15) is 0 Å². The van der Waals surface area contributed by atoms with E-state index in [2.05, 4.69) is 25.5 Å². The van der Waals surface area contributed by atoms with Gasteiger partial charge in [-0.1, -0.05) is 18.2 Å². The number of rotatable bonds is 8. The van der Waals surface area contributed by atoms with Crippen LogP contribution in [0.1, 0.15) is 60.6 Å². The van der Waals surface area contributed by atoms with Crippen LogP contribution in [0.3, 0.4) is 0 Å². The standard InChI is InChI=1S/C27H27FN6O3/c1-3-37-20-9-11-22(30-15-20)26-33-32-25(34(26)24-7-5-4-6-21(24)28)18-12-19(13-18)31-27(36)23-10-8-17(14-29-23)16(2)35/h4-11,14-16,18-19,35H,3,12-13H2,1-2H3,(H,31,36)/t16-,18?,19?/m1/s1. The molecule has 37 heavy (non-hydrogen) atoms. The van der Waals surface area contributed by atoms with E-state index in [1.165, 1.54) is 12.3 Å². The van der Waals surface area contributed by atoms with E-state index in [1.54, 1.807) is 60.2 Å². The first kappa shape index (κ1) is 24.5. The Morgan fingerprint density at radius 2 is 1.95 bits per heavy atom. The number of halogens is 1. The Hall–Kier alpha value is -4.18. The summed E-state index contributed by atoms with van der Waals surface area (Å²) in [7, 11) is 0. The number of carbonyl (C=O) groups is 1. The van der Waals surface area contributed by atoms with Gasteiger partial charge < -0.3 is 15.2 Å². The zero-order valence-corrected chi connectivity index (χ0v) is 20.5. The fraction of sp³-hybridized carbons (Fsp3) is 0.296. The molecule has 0 spiro atoms. The van der Waals surface area contributed by atoms with Crippen molar-refractivity contribution in [3.63, 3.8) is 0 Å². The Morgan fingerprint density at radius 1 is 1.14 bits per heavy atom. The molecule has 0 aliphatic heterocycles. The fourth-order valence-electron chi connectivity index (χ4n) is 4.35. The van der Waals surface area contributed by atoms with Crippen molar-refractivity contribution in [2.24, 2.45) is 0 Å². The molecule has 1 aliphatic carbocycles. The van der Waals surface area contributed by atoms with Crippen LogP contribution < -0.4 is 10.1 Å². The number of aliphatic hydroxyl groups is 1. The minimum absolute atomic E-state index is 0.0283. The number of aliphatic hydroxyl groups excluding tert-OH is 1. The van der Waals surface area contributed by atoms with Gasteiger partial charge in [-0.15, -0.1) is 10.2 Å². The van der Waals surface area contributed by atoms with Crippen LogP contribution in [0.25, 0.3) is 17.2 Å². The van der Waals surface area contributed by atoms with Crippen molar-refractivity contribution in [2.45, 2.75) is 44.8 Å². The van der Waals surface area contributed by atoms with Gasteiger partial charge in [-0.3, -0.25) is 14.3 Å². The zero-order valence-electron chi connectivity index (χ0n) is 20.5. The van der Waals surface area contributed by atoms with Gasteiger partial charge in [-0.25, -0.2) is 9.37 Å². The summed E-state index contributed by atoms with van der Waals surface area (Å²) in [6.07, 6.45) is 3.71. The van der Waals surface area contributed by atoms with Crippen molar-refractivity contribution >= 4 is 5.91 Å². The topological polar surface area (TPSA) is 115 Å². The molecule has 10 heteroatoms. The lowest BCUT2D eigenvalue weighted by Gasteiger charge is -2.35. The summed E-state index contributed by atoms with van der Waals surface area (Å²) in [4.78, 5) is 21.2. The van der Waals surface area contributed by atoms with E-state index in [1.807, 2.05) is 6.92 Å². The molecule has 190 valence electrons. The number of hydrogen-bond donors (Lipinski definition) is 2. The first-order valence-corrected chi connectivity index (χ1v) is 12.2. The third-order valence-corrected chi connectivity index (χ3v) is 6.40. The summed E-state index contributed by atoms with van der Waals surface area (Å²) in [6.45, 7) is 4.06. The van der Waals surface area contributed by atoms with Crippen molar-refractivity contribution in [3.05, 3.63) is 83.8 Å². The number of ether oxygens (including phenoxy) is 1. The van der Waals surface area contributed by atoms with Gasteiger partial charge in [-0.05, 0) is 62.6 Å². The van der Waals surface area contributed by atoms with Crippen LogP contribution in [0.15, 0.2) is 60.9 Å². The second-order valence-electron chi connectivity index (χ2n) is 8.97. The highest BCUT2D eigenvalue weighted by atomic mass is 19.1. The first-order valence-electron chi connectivity index (χ1n) is 12.2. The Bertz CT molecular complexity index is 1380. The number of benzene rings is 1. The average Bonchev–Trinajstić information content (AvgIpc) is 3.31. The summed E-state index contributed by atoms with van der Waals surface area (Å²) < 4.78 is 22.1. The van der Waals surface area contributed by atoms with E-state index >= 15 is 0 Å². The number of aromatic nitrogens is 5. The molecule has 1 amide bonds. The van der Waals surface area contributed by atoms with Gasteiger partial charge >= 0.3 is 0 Å². The maximum atomic E-state index is 14.9. The predicted molar refractivity (Wildman–Crippen MR) is 134 cm³/mol. The predicted octanol–water partition coefficient (Wildman–Crippen LogP) is 3.99. The van der Waals surface area contributed by atoms with Crippen molar-refractivity contribution in [1.82, 2.24) is 30.0 Å². The van der Waals surface area contributed by atoms with Crippen LogP contribution in [0.4, 0.5) is 4.39 Å². The van der Waals surface area contributed by atoms with Crippen molar-refractivity contribution in [3.8, 4) is 23.0 Å². The van der Waals surface area contributed by atoms with Gasteiger partial charge in [0.15, 0.2) is 5.82 Å². The minimum Gasteiger partial charge on any atom is -0.492 e. The fourth-order valence-corrected chi connectivity index (χ4v) is 4.35. The summed E-state index contributed by atoms with van der Waals surface area (Å²) >= 11 is 0. The molecule has 0 radical (unpaired) electrons. The second kappa shape index (κ2) is 10.4. The van der Waals surface area contributed by atoms with Gasteiger partial charge in [0.05, 0.1) is 24.6 Å². The Kier molecular flexibility index (Phi) is 6.91. The van der Waals surface area contributed by atoms with Crippen LogP contribution in [0.2, 0.25) is 0 Å². The monoisotopic (exact) mass is 502 g/mol. The second-order valence-corrected chi connectivity index (χ2v) is 8.97. The van der Waals surface area contributed by atoms with Gasteiger partial charge in [0.2, 0.25) is 0 Å². The lowest BCUT2D eigenvalue weighted by Crippen LogP contribution is -2.44. The van der Waals surface area contributed by atoms with Crippen molar-refractivity contribution < 1.29 is 19.0 Å². The lowest BCUT2D eigenvalue weighted by atomic mass is 9.79. The Labute approximate surface area is 213 Å². The third kappa shape index (κ3) is 5.05. The molecule has 0 bridgehead atoms. The SMILES string of the molecule is CCOc1ccc(-c2nnc(C3CC(NC(=O)c4ccc([C@@H](C)O)cn4)C3)n2-c2ccccc2F)nc1. The maximum Gasteiger partial charge on any atom is 0.270 e. The van der Waals surface area contributed by atoms with E-state index in [-0.39, 0.29) is 23.6 Å². The molecule has 2 N–H and O–H groups in total. The normalized spacial score (nSPS) is 17.6. The number of hydrogen-bond acceptors (Lipinski definition) is 7. The summed E-state index contributed by atoms with van der Waals surface area (Å²) in [5.74, 6) is 0.969. The quantitative estimate of drug-likeness (QED) is 0.374. The first-order chi connectivity index (χ1) is 17.9. The molecule has 3 aromatic heterocycles. The number of nitrogens with one attached hydrogen (secondary N) is 1. The highest BCUT2D eigenvalue weighted by molar-refractivity contribution is 5.92. The van der Waals surface area contributed by atoms with E-state index in [0.29, 0.717) is 53.8 Å². The summed E-state index contributed by atoms with van der Waals surface area (Å²) in [6, 6.07) is 13.2. The van der Waals surface area contributed by atoms with Crippen LogP contribution in [-0.2, 0) is 0 Å². The molecule has 0 saturated heterocycles. The molecule has 5 rings (SSSR count). The number of nitrogens with zero attached hydrogens (tertiary/aromatic N) is 5. The van der Waals surface area contributed by atoms with E-state index in [9.17, 15) is 14.3 Å². The number of amides is 1. The van der Waals surface area contributed by atoms with Crippen LogP contribution in [-0.4, -0.2) is 48.4 Å². The van der Waals surface area contributed by atoms with Gasteiger partial charge in [0, 0.05) is 18.2 Å². The summed E-state index contributed by atoms with van der Waals surface area (Å²) in [5, 5.41) is 21.4. The van der Waals surface area contributed by atoms with Crippen LogP contribution in [0.5, 0.6) is 5.75 Å². The molecule has 1 aliphatic rings. The molecular formula is C27H27FN6O3.